The van der Waals surface area contributed by atoms with E-state index in [-0.39, 0.29) is 12.8 Å². The Balaban J connectivity index is 1.93. The van der Waals surface area contributed by atoms with Crippen LogP contribution in [0, 0.1) is 0 Å². The summed E-state index contributed by atoms with van der Waals surface area (Å²) in [5.41, 5.74) is 6.79. The number of primary amides is 1. The Morgan fingerprint density at radius 3 is 2.20 bits per heavy atom. The van der Waals surface area contributed by atoms with Crippen LogP contribution in [0.25, 0.3) is 10.8 Å². The number of amides is 4. The molecule has 0 aromatic heterocycles. The molecule has 0 aliphatic carbocycles. The lowest BCUT2D eigenvalue weighted by atomic mass is 10.00. The van der Waals surface area contributed by atoms with E-state index in [1.807, 2.05) is 67.6 Å². The van der Waals surface area contributed by atoms with Gasteiger partial charge < -0.3 is 26.0 Å². The van der Waals surface area contributed by atoms with Gasteiger partial charge in [0.25, 0.3) is 5.91 Å². The summed E-state index contributed by atoms with van der Waals surface area (Å²) in [6.07, 6.45) is -0.184. The summed E-state index contributed by atoms with van der Waals surface area (Å²) in [6, 6.07) is 18.7. The second kappa shape index (κ2) is 13.1. The van der Waals surface area contributed by atoms with Gasteiger partial charge in [-0.1, -0.05) is 61.5 Å². The van der Waals surface area contributed by atoms with Crippen LogP contribution in [0.15, 0.2) is 66.7 Å². The van der Waals surface area contributed by atoms with Gasteiger partial charge in [0.1, 0.15) is 17.7 Å². The van der Waals surface area contributed by atoms with E-state index in [1.54, 1.807) is 26.8 Å². The SMILES string of the molecule is CCc1ccc(C(C(=O)Nc2ccc3ccccc3c2)N(C)C(=O)C(CCC(N)=O)NC(=O)OC(C)(C)C)cc1. The maximum Gasteiger partial charge on any atom is 0.408 e. The number of nitrogens with two attached hydrogens (primary N) is 1. The fourth-order valence-electron chi connectivity index (χ4n) is 4.33. The number of nitrogens with zero attached hydrogens (tertiary/aromatic N) is 1. The van der Waals surface area contributed by atoms with Gasteiger partial charge in [-0.2, -0.15) is 0 Å². The van der Waals surface area contributed by atoms with Crippen molar-refractivity contribution in [3.8, 4) is 0 Å². The Hall–Kier alpha value is -4.40. The zero-order valence-corrected chi connectivity index (χ0v) is 23.7. The summed E-state index contributed by atoms with van der Waals surface area (Å²) in [7, 11) is 1.49. The number of ether oxygens (including phenoxy) is 1. The number of hydrogen-bond donors (Lipinski definition) is 3. The van der Waals surface area contributed by atoms with E-state index < -0.39 is 41.5 Å². The highest BCUT2D eigenvalue weighted by Crippen LogP contribution is 2.26. The van der Waals surface area contributed by atoms with E-state index >= 15 is 0 Å². The van der Waals surface area contributed by atoms with E-state index in [4.69, 9.17) is 10.5 Å². The van der Waals surface area contributed by atoms with Crippen LogP contribution in [0.3, 0.4) is 0 Å². The smallest absolute Gasteiger partial charge is 0.408 e. The minimum Gasteiger partial charge on any atom is -0.444 e. The van der Waals surface area contributed by atoms with E-state index in [9.17, 15) is 19.2 Å². The number of nitrogens with one attached hydrogen (secondary N) is 2. The molecular weight excluding hydrogens is 508 g/mol. The fraction of sp³-hybridized carbons (Fsp3) is 0.355. The van der Waals surface area contributed by atoms with Crippen molar-refractivity contribution in [1.29, 1.82) is 0 Å². The molecule has 0 aliphatic heterocycles. The van der Waals surface area contributed by atoms with Crippen molar-refractivity contribution in [2.75, 3.05) is 12.4 Å². The zero-order chi connectivity index (χ0) is 29.4. The first-order chi connectivity index (χ1) is 18.9. The van der Waals surface area contributed by atoms with Gasteiger partial charge in [0.15, 0.2) is 0 Å². The fourth-order valence-corrected chi connectivity index (χ4v) is 4.33. The highest BCUT2D eigenvalue weighted by molar-refractivity contribution is 6.00. The number of anilines is 1. The molecule has 0 bridgehead atoms. The standard InChI is InChI=1S/C31H38N4O5/c1-6-20-11-13-22(14-12-20)27(28(37)33-24-16-15-21-9-7-8-10-23(21)19-24)35(5)29(38)25(17-18-26(32)36)34-30(39)40-31(2,3)4/h7-16,19,25,27H,6,17-18H2,1-5H3,(H2,32,36)(H,33,37)(H,34,39). The second-order valence-corrected chi connectivity index (χ2v) is 10.7. The third-order valence-electron chi connectivity index (χ3n) is 6.37. The normalized spacial score (nSPS) is 12.7. The Morgan fingerprint density at radius 1 is 0.950 bits per heavy atom. The van der Waals surface area contributed by atoms with Gasteiger partial charge in [-0.3, -0.25) is 14.4 Å². The molecule has 0 spiro atoms. The van der Waals surface area contributed by atoms with Gasteiger partial charge in [0.2, 0.25) is 11.8 Å². The number of alkyl carbamates (subject to hydrolysis) is 1. The lowest BCUT2D eigenvalue weighted by molar-refractivity contribution is -0.139. The molecule has 4 N–H and O–H groups in total. The first-order valence-electron chi connectivity index (χ1n) is 13.3. The highest BCUT2D eigenvalue weighted by Gasteiger charge is 2.34. The maximum absolute atomic E-state index is 13.8. The molecule has 9 nitrogen and oxygen atoms in total. The molecule has 0 aliphatic rings. The Labute approximate surface area is 235 Å². The molecule has 0 heterocycles. The van der Waals surface area contributed by atoms with Gasteiger partial charge in [0, 0.05) is 19.2 Å². The number of carbonyl (C=O) groups is 4. The minimum absolute atomic E-state index is 0.0501. The van der Waals surface area contributed by atoms with Crippen molar-refractivity contribution in [2.24, 2.45) is 5.73 Å². The number of likely N-dealkylation sites (N-methyl/N-ethyl adjacent to an activating group) is 1. The molecular formula is C31H38N4O5. The molecule has 3 aromatic carbocycles. The molecule has 9 heteroatoms. The summed E-state index contributed by atoms with van der Waals surface area (Å²) in [5.74, 6) is -1.61. The van der Waals surface area contributed by atoms with Crippen molar-refractivity contribution in [1.82, 2.24) is 10.2 Å². The molecule has 40 heavy (non-hydrogen) atoms. The number of fused-ring (bicyclic) bond motifs is 1. The molecule has 0 saturated carbocycles. The van der Waals surface area contributed by atoms with Crippen LogP contribution in [-0.4, -0.2) is 47.4 Å². The lowest BCUT2D eigenvalue weighted by Crippen LogP contribution is -2.51. The van der Waals surface area contributed by atoms with Crippen LogP contribution in [-0.2, 0) is 25.5 Å². The maximum atomic E-state index is 13.8. The quantitative estimate of drug-likeness (QED) is 0.339. The zero-order valence-electron chi connectivity index (χ0n) is 23.7. The van der Waals surface area contributed by atoms with Crippen LogP contribution in [0.5, 0.6) is 0 Å². The first-order valence-corrected chi connectivity index (χ1v) is 13.3. The lowest BCUT2D eigenvalue weighted by Gasteiger charge is -2.31. The predicted octanol–water partition coefficient (Wildman–Crippen LogP) is 4.70. The van der Waals surface area contributed by atoms with Crippen LogP contribution >= 0.6 is 0 Å². The highest BCUT2D eigenvalue weighted by atomic mass is 16.6. The molecule has 2 atom stereocenters. The summed E-state index contributed by atoms with van der Waals surface area (Å²) in [5, 5.41) is 7.48. The molecule has 0 fully saturated rings. The molecule has 3 aromatic rings. The number of rotatable bonds is 10. The summed E-state index contributed by atoms with van der Waals surface area (Å²) >= 11 is 0. The summed E-state index contributed by atoms with van der Waals surface area (Å²) < 4.78 is 5.32. The molecule has 0 saturated heterocycles. The van der Waals surface area contributed by atoms with Crippen LogP contribution < -0.4 is 16.4 Å². The second-order valence-electron chi connectivity index (χ2n) is 10.7. The molecule has 2 unspecified atom stereocenters. The van der Waals surface area contributed by atoms with Crippen LogP contribution in [0.4, 0.5) is 10.5 Å². The van der Waals surface area contributed by atoms with E-state index in [0.717, 1.165) is 22.8 Å². The molecule has 212 valence electrons. The summed E-state index contributed by atoms with van der Waals surface area (Å²) in [6.45, 7) is 7.13. The number of benzene rings is 3. The molecule has 4 amide bonds. The van der Waals surface area contributed by atoms with Crippen LogP contribution in [0.2, 0.25) is 0 Å². The van der Waals surface area contributed by atoms with Gasteiger partial charge in [-0.25, -0.2) is 4.79 Å². The average Bonchev–Trinajstić information content (AvgIpc) is 2.90. The van der Waals surface area contributed by atoms with Crippen molar-refractivity contribution in [3.05, 3.63) is 77.9 Å². The third kappa shape index (κ3) is 8.30. The van der Waals surface area contributed by atoms with Crippen LogP contribution in [0.1, 0.15) is 57.7 Å². The Bertz CT molecular complexity index is 1360. The minimum atomic E-state index is -1.14. The topological polar surface area (TPSA) is 131 Å². The molecule has 3 rings (SSSR count). The van der Waals surface area contributed by atoms with Gasteiger partial charge in [-0.05, 0) is 67.6 Å². The van der Waals surface area contributed by atoms with Gasteiger partial charge >= 0.3 is 6.09 Å². The predicted molar refractivity (Wildman–Crippen MR) is 155 cm³/mol. The van der Waals surface area contributed by atoms with Crippen molar-refractivity contribution < 1.29 is 23.9 Å². The average molecular weight is 547 g/mol. The Morgan fingerprint density at radius 2 is 1.60 bits per heavy atom. The monoisotopic (exact) mass is 546 g/mol. The number of carbonyl (C=O) groups excluding carboxylic acids is 4. The first kappa shape index (κ1) is 30.1. The summed E-state index contributed by atoms with van der Waals surface area (Å²) in [4.78, 5) is 52.8. The number of hydrogen-bond acceptors (Lipinski definition) is 5. The number of aryl methyl sites for hydroxylation is 1. The molecule has 0 radical (unpaired) electrons. The van der Waals surface area contributed by atoms with Crippen molar-refractivity contribution in [2.45, 2.75) is 64.6 Å². The largest absolute Gasteiger partial charge is 0.444 e. The van der Waals surface area contributed by atoms with Gasteiger partial charge in [-0.15, -0.1) is 0 Å². The van der Waals surface area contributed by atoms with Gasteiger partial charge in [0.05, 0.1) is 0 Å². The van der Waals surface area contributed by atoms with E-state index in [2.05, 4.69) is 10.6 Å². The third-order valence-corrected chi connectivity index (χ3v) is 6.37. The van der Waals surface area contributed by atoms with E-state index in [1.165, 1.54) is 11.9 Å². The van der Waals surface area contributed by atoms with Crippen molar-refractivity contribution >= 4 is 40.3 Å². The Kier molecular flexibility index (Phi) is 9.87. The van der Waals surface area contributed by atoms with E-state index in [0.29, 0.717) is 11.3 Å². The van der Waals surface area contributed by atoms with Crippen molar-refractivity contribution in [3.63, 3.8) is 0 Å².